The number of amides is 2. The maximum absolute atomic E-state index is 13.4. The Balaban J connectivity index is 1.61. The van der Waals surface area contributed by atoms with Gasteiger partial charge in [-0.25, -0.2) is 9.78 Å². The van der Waals surface area contributed by atoms with Crippen molar-refractivity contribution in [3.05, 3.63) is 35.9 Å². The molecule has 1 saturated heterocycles. The monoisotopic (exact) mass is 540 g/mol. The lowest BCUT2D eigenvalue weighted by atomic mass is 10.1. The third kappa shape index (κ3) is 5.95. The molecule has 2 heterocycles. The minimum atomic E-state index is -0.345. The molecule has 0 spiro atoms. The summed E-state index contributed by atoms with van der Waals surface area (Å²) in [5, 5.41) is 3.36. The van der Waals surface area contributed by atoms with Gasteiger partial charge < -0.3 is 44.4 Å². The minimum Gasteiger partial charge on any atom is -0.493 e. The smallest absolute Gasteiger partial charge is 0.409 e. The summed E-state index contributed by atoms with van der Waals surface area (Å²) in [5.41, 5.74) is 8.64. The molecule has 39 heavy (non-hydrogen) atoms. The highest BCUT2D eigenvalue weighted by molar-refractivity contribution is 5.98. The van der Waals surface area contributed by atoms with Gasteiger partial charge in [-0.2, -0.15) is 0 Å². The van der Waals surface area contributed by atoms with Gasteiger partial charge in [-0.1, -0.05) is 0 Å². The summed E-state index contributed by atoms with van der Waals surface area (Å²) in [7, 11) is 4.68. The van der Waals surface area contributed by atoms with Gasteiger partial charge in [0.2, 0.25) is 11.7 Å². The lowest BCUT2D eigenvalue weighted by Crippen LogP contribution is -2.50. The number of methoxy groups -OCH3 is 3. The average Bonchev–Trinajstić information content (AvgIpc) is 3.30. The average molecular weight is 541 g/mol. The highest BCUT2D eigenvalue weighted by Crippen LogP contribution is 2.40. The van der Waals surface area contributed by atoms with Crippen LogP contribution in [0, 0.1) is 0 Å². The first kappa shape index (κ1) is 27.8. The lowest BCUT2D eigenvalue weighted by molar-refractivity contribution is 0.0570. The van der Waals surface area contributed by atoms with Crippen molar-refractivity contribution < 1.29 is 28.5 Å². The number of piperazine rings is 1. The normalized spacial score (nSPS) is 13.4. The standard InChI is InChI=1S/C27H36N6O6/c1-5-39-27(35)32-13-11-31(12-14-32)25(34)18-7-8-20-21(15-18)33(10-6-9-28)26(30-20)29-19-16-22(36-2)24(38-4)23(17-19)37-3/h7-8,15-17H,5-6,9-14,28H2,1-4H3,(H,29,30). The Hall–Kier alpha value is -4.19. The summed E-state index contributed by atoms with van der Waals surface area (Å²) in [6.07, 6.45) is 0.380. The van der Waals surface area contributed by atoms with Gasteiger partial charge in [-0.15, -0.1) is 0 Å². The van der Waals surface area contributed by atoms with Crippen molar-refractivity contribution in [2.75, 3.05) is 66.0 Å². The maximum atomic E-state index is 13.4. The first-order valence-electron chi connectivity index (χ1n) is 12.9. The van der Waals surface area contributed by atoms with Crippen LogP contribution in [0.25, 0.3) is 11.0 Å². The topological polar surface area (TPSA) is 133 Å². The first-order valence-corrected chi connectivity index (χ1v) is 12.9. The van der Waals surface area contributed by atoms with Crippen molar-refractivity contribution in [2.24, 2.45) is 5.73 Å². The Morgan fingerprint density at radius 3 is 2.23 bits per heavy atom. The van der Waals surface area contributed by atoms with Crippen molar-refractivity contribution in [3.63, 3.8) is 0 Å². The van der Waals surface area contributed by atoms with E-state index in [4.69, 9.17) is 29.7 Å². The van der Waals surface area contributed by atoms with E-state index in [9.17, 15) is 9.59 Å². The summed E-state index contributed by atoms with van der Waals surface area (Å²) in [6, 6.07) is 9.10. The van der Waals surface area contributed by atoms with Crippen molar-refractivity contribution >= 4 is 34.7 Å². The fourth-order valence-electron chi connectivity index (χ4n) is 4.60. The van der Waals surface area contributed by atoms with Crippen LogP contribution in [0.15, 0.2) is 30.3 Å². The second kappa shape index (κ2) is 12.6. The quantitative estimate of drug-likeness (QED) is 0.398. The zero-order valence-corrected chi connectivity index (χ0v) is 22.9. The number of carbonyl (C=O) groups is 2. The molecule has 3 aromatic rings. The number of aryl methyl sites for hydroxylation is 1. The zero-order chi connectivity index (χ0) is 27.9. The number of benzene rings is 2. The molecular formula is C27H36N6O6. The van der Waals surface area contributed by atoms with E-state index in [-0.39, 0.29) is 12.0 Å². The van der Waals surface area contributed by atoms with Crippen LogP contribution in [0.1, 0.15) is 23.7 Å². The highest BCUT2D eigenvalue weighted by Gasteiger charge is 2.26. The molecule has 0 aliphatic carbocycles. The molecule has 12 nitrogen and oxygen atoms in total. The van der Waals surface area contributed by atoms with Crippen LogP contribution in [-0.2, 0) is 11.3 Å². The fourth-order valence-corrected chi connectivity index (χ4v) is 4.60. The van der Waals surface area contributed by atoms with E-state index >= 15 is 0 Å². The van der Waals surface area contributed by atoms with Gasteiger partial charge in [-0.3, -0.25) is 4.79 Å². The summed E-state index contributed by atoms with van der Waals surface area (Å²) >= 11 is 0. The number of hydrogen-bond acceptors (Lipinski definition) is 9. The fraction of sp³-hybridized carbons (Fsp3) is 0.444. The molecule has 0 unspecified atom stereocenters. The van der Waals surface area contributed by atoms with Gasteiger partial charge >= 0.3 is 6.09 Å². The molecule has 3 N–H and O–H groups in total. The molecule has 0 radical (unpaired) electrons. The zero-order valence-electron chi connectivity index (χ0n) is 22.9. The summed E-state index contributed by atoms with van der Waals surface area (Å²) in [4.78, 5) is 33.5. The van der Waals surface area contributed by atoms with Gasteiger partial charge in [0.1, 0.15) is 0 Å². The van der Waals surface area contributed by atoms with Gasteiger partial charge in [-0.05, 0) is 38.1 Å². The predicted molar refractivity (Wildman–Crippen MR) is 147 cm³/mol. The second-order valence-corrected chi connectivity index (χ2v) is 8.95. The first-order chi connectivity index (χ1) is 18.9. The number of nitrogens with zero attached hydrogens (tertiary/aromatic N) is 4. The molecule has 1 aromatic heterocycles. The summed E-state index contributed by atoms with van der Waals surface area (Å²) in [6.45, 7) is 4.96. The summed E-state index contributed by atoms with van der Waals surface area (Å²) in [5.74, 6) is 2.03. The molecule has 1 aliphatic heterocycles. The molecule has 2 aromatic carbocycles. The van der Waals surface area contributed by atoms with E-state index in [0.717, 1.165) is 17.5 Å². The van der Waals surface area contributed by atoms with Crippen molar-refractivity contribution in [1.29, 1.82) is 0 Å². The van der Waals surface area contributed by atoms with Crippen molar-refractivity contribution in [1.82, 2.24) is 19.4 Å². The lowest BCUT2D eigenvalue weighted by Gasteiger charge is -2.34. The van der Waals surface area contributed by atoms with Gasteiger partial charge in [0.05, 0.1) is 39.0 Å². The Morgan fingerprint density at radius 2 is 1.64 bits per heavy atom. The third-order valence-electron chi connectivity index (χ3n) is 6.59. The molecular weight excluding hydrogens is 504 g/mol. The molecule has 12 heteroatoms. The van der Waals surface area contributed by atoms with Crippen molar-refractivity contribution in [2.45, 2.75) is 19.9 Å². The number of nitrogens with two attached hydrogens (primary N) is 1. The van der Waals surface area contributed by atoms with E-state index < -0.39 is 0 Å². The van der Waals surface area contributed by atoms with Crippen LogP contribution in [0.2, 0.25) is 0 Å². The van der Waals surface area contributed by atoms with Gasteiger partial charge in [0.25, 0.3) is 5.91 Å². The number of rotatable bonds is 10. The van der Waals surface area contributed by atoms with E-state index in [0.29, 0.717) is 80.3 Å². The number of aromatic nitrogens is 2. The second-order valence-electron chi connectivity index (χ2n) is 8.95. The number of fused-ring (bicyclic) bond motifs is 1. The molecule has 2 amide bonds. The third-order valence-corrected chi connectivity index (χ3v) is 6.59. The Kier molecular flexibility index (Phi) is 8.97. The minimum absolute atomic E-state index is 0.0916. The molecule has 0 saturated carbocycles. The molecule has 4 rings (SSSR count). The van der Waals surface area contributed by atoms with Crippen LogP contribution >= 0.6 is 0 Å². The Bertz CT molecular complexity index is 1290. The van der Waals surface area contributed by atoms with Crippen LogP contribution in [-0.4, -0.2) is 92.0 Å². The molecule has 0 bridgehead atoms. The number of nitrogens with one attached hydrogen (secondary N) is 1. The van der Waals surface area contributed by atoms with Gasteiger partial charge in [0.15, 0.2) is 11.5 Å². The van der Waals surface area contributed by atoms with Crippen LogP contribution < -0.4 is 25.3 Å². The SMILES string of the molecule is CCOC(=O)N1CCN(C(=O)c2ccc3nc(Nc4cc(OC)c(OC)c(OC)c4)n(CCCN)c3c2)CC1. The molecule has 210 valence electrons. The number of anilines is 2. The molecule has 0 atom stereocenters. The Labute approximate surface area is 227 Å². The maximum Gasteiger partial charge on any atom is 0.409 e. The Morgan fingerprint density at radius 1 is 0.974 bits per heavy atom. The van der Waals surface area contributed by atoms with E-state index in [1.54, 1.807) is 56.3 Å². The largest absolute Gasteiger partial charge is 0.493 e. The van der Waals surface area contributed by atoms with E-state index in [1.807, 2.05) is 16.7 Å². The van der Waals surface area contributed by atoms with Crippen LogP contribution in [0.4, 0.5) is 16.4 Å². The highest BCUT2D eigenvalue weighted by atomic mass is 16.6. The molecule has 1 aliphatic rings. The van der Waals surface area contributed by atoms with Gasteiger partial charge in [0, 0.05) is 56.1 Å². The molecule has 1 fully saturated rings. The van der Waals surface area contributed by atoms with Crippen LogP contribution in [0.3, 0.4) is 0 Å². The summed E-state index contributed by atoms with van der Waals surface area (Å²) < 4.78 is 23.5. The number of imidazole rings is 1. The predicted octanol–water partition coefficient (Wildman–Crippen LogP) is 3.07. The van der Waals surface area contributed by atoms with E-state index in [1.165, 1.54) is 0 Å². The number of ether oxygens (including phenoxy) is 4. The number of hydrogen-bond donors (Lipinski definition) is 2. The van der Waals surface area contributed by atoms with Crippen molar-refractivity contribution in [3.8, 4) is 17.2 Å². The number of carbonyl (C=O) groups excluding carboxylic acids is 2. The van der Waals surface area contributed by atoms with E-state index in [2.05, 4.69) is 5.32 Å². The van der Waals surface area contributed by atoms with Crippen LogP contribution in [0.5, 0.6) is 17.2 Å².